The van der Waals surface area contributed by atoms with Crippen LogP contribution in [0.4, 0.5) is 5.69 Å². The summed E-state index contributed by atoms with van der Waals surface area (Å²) in [6, 6.07) is 5.61. The number of amides is 1. The monoisotopic (exact) mass is 306 g/mol. The molecule has 2 rings (SSSR count). The van der Waals surface area contributed by atoms with Crippen LogP contribution in [-0.2, 0) is 4.79 Å². The van der Waals surface area contributed by atoms with Gasteiger partial charge in [-0.1, -0.05) is 12.8 Å². The smallest absolute Gasteiger partial charge is 0.242 e. The number of anilines is 1. The van der Waals surface area contributed by atoms with Crippen molar-refractivity contribution in [2.45, 2.75) is 25.7 Å². The van der Waals surface area contributed by atoms with Crippen LogP contribution in [0.5, 0.6) is 11.5 Å². The van der Waals surface area contributed by atoms with Gasteiger partial charge < -0.3 is 19.3 Å². The van der Waals surface area contributed by atoms with Crippen molar-refractivity contribution < 1.29 is 14.3 Å². The summed E-state index contributed by atoms with van der Waals surface area (Å²) in [4.78, 5) is 16.4. The van der Waals surface area contributed by atoms with Gasteiger partial charge >= 0.3 is 0 Å². The van der Waals surface area contributed by atoms with Gasteiger partial charge in [-0.2, -0.15) is 0 Å². The molecule has 22 heavy (non-hydrogen) atoms. The molecule has 0 spiro atoms. The topological polar surface area (TPSA) is 42.0 Å². The lowest BCUT2D eigenvalue weighted by atomic mass is 10.2. The Morgan fingerprint density at radius 2 is 1.82 bits per heavy atom. The Morgan fingerprint density at radius 1 is 1.14 bits per heavy atom. The Hall–Kier alpha value is -1.91. The van der Waals surface area contributed by atoms with E-state index in [0.29, 0.717) is 6.54 Å². The molecule has 0 saturated carbocycles. The van der Waals surface area contributed by atoms with Crippen molar-refractivity contribution >= 4 is 11.6 Å². The third kappa shape index (κ3) is 4.06. The summed E-state index contributed by atoms with van der Waals surface area (Å²) in [6.45, 7) is 2.10. The molecule has 1 aliphatic rings. The van der Waals surface area contributed by atoms with E-state index >= 15 is 0 Å². The van der Waals surface area contributed by atoms with E-state index in [1.807, 2.05) is 35.0 Å². The van der Waals surface area contributed by atoms with E-state index in [-0.39, 0.29) is 5.91 Å². The van der Waals surface area contributed by atoms with E-state index in [9.17, 15) is 4.79 Å². The third-order valence-corrected chi connectivity index (χ3v) is 4.13. The first-order valence-electron chi connectivity index (χ1n) is 7.86. The number of carbonyl (C=O) groups is 1. The minimum Gasteiger partial charge on any atom is -0.497 e. The molecule has 0 bridgehead atoms. The number of ether oxygens (including phenoxy) is 2. The molecule has 0 N–H and O–H groups in total. The SMILES string of the molecule is COc1ccc(OC)c(N(C)CC(=O)N2CCCCCC2)c1. The predicted octanol–water partition coefficient (Wildman–Crippen LogP) is 2.54. The second-order valence-corrected chi connectivity index (χ2v) is 5.69. The molecule has 0 radical (unpaired) electrons. The summed E-state index contributed by atoms with van der Waals surface area (Å²) in [5.74, 6) is 1.67. The first-order valence-corrected chi connectivity index (χ1v) is 7.86. The van der Waals surface area contributed by atoms with E-state index in [1.165, 1.54) is 12.8 Å². The highest BCUT2D eigenvalue weighted by molar-refractivity contribution is 5.82. The van der Waals surface area contributed by atoms with Gasteiger partial charge in [-0.3, -0.25) is 4.79 Å². The summed E-state index contributed by atoms with van der Waals surface area (Å²) < 4.78 is 10.7. The van der Waals surface area contributed by atoms with Crippen molar-refractivity contribution in [3.05, 3.63) is 18.2 Å². The average Bonchev–Trinajstić information content (AvgIpc) is 2.83. The Labute approximate surface area is 132 Å². The maximum atomic E-state index is 12.5. The Bertz CT molecular complexity index is 497. The van der Waals surface area contributed by atoms with Gasteiger partial charge in [0.2, 0.25) is 5.91 Å². The van der Waals surface area contributed by atoms with E-state index in [4.69, 9.17) is 9.47 Å². The molecule has 1 amide bonds. The van der Waals surface area contributed by atoms with Gasteiger partial charge in [0.05, 0.1) is 26.5 Å². The summed E-state index contributed by atoms with van der Waals surface area (Å²) in [7, 11) is 5.18. The number of benzene rings is 1. The molecular weight excluding hydrogens is 280 g/mol. The lowest BCUT2D eigenvalue weighted by Crippen LogP contribution is -2.39. The predicted molar refractivity (Wildman–Crippen MR) is 87.9 cm³/mol. The van der Waals surface area contributed by atoms with Crippen LogP contribution >= 0.6 is 0 Å². The number of hydrogen-bond acceptors (Lipinski definition) is 4. The molecule has 0 aromatic heterocycles. The molecule has 1 aromatic carbocycles. The highest BCUT2D eigenvalue weighted by atomic mass is 16.5. The fourth-order valence-electron chi connectivity index (χ4n) is 2.80. The lowest BCUT2D eigenvalue weighted by Gasteiger charge is -2.26. The molecule has 0 unspecified atom stereocenters. The molecule has 1 heterocycles. The summed E-state index contributed by atoms with van der Waals surface area (Å²) in [5.41, 5.74) is 0.866. The minimum atomic E-state index is 0.175. The number of hydrogen-bond donors (Lipinski definition) is 0. The van der Waals surface area contributed by atoms with Gasteiger partial charge in [0.25, 0.3) is 0 Å². The summed E-state index contributed by atoms with van der Waals surface area (Å²) in [5, 5.41) is 0. The van der Waals surface area contributed by atoms with Gasteiger partial charge in [0, 0.05) is 26.2 Å². The fraction of sp³-hybridized carbons (Fsp3) is 0.588. The quantitative estimate of drug-likeness (QED) is 0.838. The molecular formula is C17H26N2O3. The highest BCUT2D eigenvalue weighted by Gasteiger charge is 2.19. The largest absolute Gasteiger partial charge is 0.497 e. The third-order valence-electron chi connectivity index (χ3n) is 4.13. The number of carbonyl (C=O) groups excluding carboxylic acids is 1. The Morgan fingerprint density at radius 3 is 2.41 bits per heavy atom. The van der Waals surface area contributed by atoms with Gasteiger partial charge in [-0.15, -0.1) is 0 Å². The Balaban J connectivity index is 2.07. The molecule has 1 aliphatic heterocycles. The molecule has 1 saturated heterocycles. The molecule has 122 valence electrons. The molecule has 0 atom stereocenters. The average molecular weight is 306 g/mol. The van der Waals surface area contributed by atoms with Crippen molar-refractivity contribution in [1.82, 2.24) is 4.90 Å². The second kappa shape index (κ2) is 7.92. The van der Waals surface area contributed by atoms with Crippen molar-refractivity contribution in [3.63, 3.8) is 0 Å². The molecule has 5 nitrogen and oxygen atoms in total. The number of rotatable bonds is 5. The van der Waals surface area contributed by atoms with Crippen molar-refractivity contribution in [2.24, 2.45) is 0 Å². The zero-order valence-corrected chi connectivity index (χ0v) is 13.8. The normalized spacial score (nSPS) is 15.1. The van der Waals surface area contributed by atoms with E-state index < -0.39 is 0 Å². The number of likely N-dealkylation sites (N-methyl/N-ethyl adjacent to an activating group) is 1. The van der Waals surface area contributed by atoms with Crippen LogP contribution in [0.25, 0.3) is 0 Å². The zero-order chi connectivity index (χ0) is 15.9. The van der Waals surface area contributed by atoms with Crippen LogP contribution < -0.4 is 14.4 Å². The zero-order valence-electron chi connectivity index (χ0n) is 13.8. The van der Waals surface area contributed by atoms with Crippen LogP contribution in [0, 0.1) is 0 Å². The first kappa shape index (κ1) is 16.5. The Kier molecular flexibility index (Phi) is 5.92. The molecule has 1 aromatic rings. The van der Waals surface area contributed by atoms with Gasteiger partial charge in [-0.25, -0.2) is 0 Å². The first-order chi connectivity index (χ1) is 10.7. The maximum absolute atomic E-state index is 12.5. The van der Waals surface area contributed by atoms with Crippen LogP contribution in [0.1, 0.15) is 25.7 Å². The number of nitrogens with zero attached hydrogens (tertiary/aromatic N) is 2. The number of methoxy groups -OCH3 is 2. The van der Waals surface area contributed by atoms with Crippen molar-refractivity contribution in [3.8, 4) is 11.5 Å². The van der Waals surface area contributed by atoms with Gasteiger partial charge in [0.15, 0.2) is 0 Å². The van der Waals surface area contributed by atoms with E-state index in [1.54, 1.807) is 14.2 Å². The van der Waals surface area contributed by atoms with E-state index in [0.717, 1.165) is 43.1 Å². The maximum Gasteiger partial charge on any atom is 0.242 e. The van der Waals surface area contributed by atoms with Crippen molar-refractivity contribution in [1.29, 1.82) is 0 Å². The van der Waals surface area contributed by atoms with Crippen LogP contribution in [0.2, 0.25) is 0 Å². The molecule has 1 fully saturated rings. The molecule has 5 heteroatoms. The minimum absolute atomic E-state index is 0.175. The lowest BCUT2D eigenvalue weighted by molar-refractivity contribution is -0.129. The van der Waals surface area contributed by atoms with Crippen LogP contribution in [0.15, 0.2) is 18.2 Å². The highest BCUT2D eigenvalue weighted by Crippen LogP contribution is 2.31. The van der Waals surface area contributed by atoms with E-state index in [2.05, 4.69) is 0 Å². The van der Waals surface area contributed by atoms with Crippen LogP contribution in [-0.4, -0.2) is 51.7 Å². The summed E-state index contributed by atoms with van der Waals surface area (Å²) >= 11 is 0. The standard InChI is InChI=1S/C17H26N2O3/c1-18(13-17(20)19-10-6-4-5-7-11-19)15-12-14(21-2)8-9-16(15)22-3/h8-9,12H,4-7,10-11,13H2,1-3H3. The fourth-order valence-corrected chi connectivity index (χ4v) is 2.80. The number of likely N-dealkylation sites (tertiary alicyclic amines) is 1. The molecule has 0 aliphatic carbocycles. The van der Waals surface area contributed by atoms with Crippen molar-refractivity contribution in [2.75, 3.05) is 45.8 Å². The van der Waals surface area contributed by atoms with Crippen LogP contribution in [0.3, 0.4) is 0 Å². The summed E-state index contributed by atoms with van der Waals surface area (Å²) in [6.07, 6.45) is 4.67. The van der Waals surface area contributed by atoms with Gasteiger partial charge in [0.1, 0.15) is 11.5 Å². The second-order valence-electron chi connectivity index (χ2n) is 5.69. The van der Waals surface area contributed by atoms with Gasteiger partial charge in [-0.05, 0) is 25.0 Å².